The summed E-state index contributed by atoms with van der Waals surface area (Å²) in [5.41, 5.74) is 0.851. The summed E-state index contributed by atoms with van der Waals surface area (Å²) in [6, 6.07) is 0. The van der Waals surface area contributed by atoms with Crippen molar-refractivity contribution in [3.8, 4) is 0 Å². The van der Waals surface area contributed by atoms with Gasteiger partial charge in [0.05, 0.1) is 5.69 Å². The molecule has 0 aromatic carbocycles. The number of hydrogen-bond acceptors (Lipinski definition) is 3. The Hall–Kier alpha value is -0.900. The molecule has 0 aliphatic carbocycles. The van der Waals surface area contributed by atoms with Crippen molar-refractivity contribution in [2.75, 3.05) is 6.61 Å². The summed E-state index contributed by atoms with van der Waals surface area (Å²) in [6.07, 6.45) is 2.44. The van der Waals surface area contributed by atoms with Crippen molar-refractivity contribution in [1.82, 2.24) is 15.0 Å². The largest absolute Gasteiger partial charge is 0.396 e. The van der Waals surface area contributed by atoms with Crippen LogP contribution in [0.5, 0.6) is 0 Å². The molecule has 4 nitrogen and oxygen atoms in total. The van der Waals surface area contributed by atoms with Gasteiger partial charge < -0.3 is 5.11 Å². The number of aliphatic hydroxyl groups excluding tert-OH is 1. The van der Waals surface area contributed by atoms with E-state index in [0.717, 1.165) is 12.2 Å². The van der Waals surface area contributed by atoms with Crippen molar-refractivity contribution in [1.29, 1.82) is 0 Å². The molecule has 0 saturated heterocycles. The van der Waals surface area contributed by atoms with Crippen LogP contribution in [0.25, 0.3) is 0 Å². The number of aryl methyl sites for hydroxylation is 1. The van der Waals surface area contributed by atoms with Crippen molar-refractivity contribution in [3.63, 3.8) is 0 Å². The Balaban J connectivity index is 2.59. The van der Waals surface area contributed by atoms with Crippen LogP contribution in [-0.2, 0) is 13.0 Å². The normalized spacial score (nSPS) is 10.2. The van der Waals surface area contributed by atoms with E-state index >= 15 is 0 Å². The Bertz CT molecular complexity index is 197. The molecule has 1 rings (SSSR count). The molecule has 0 spiro atoms. The van der Waals surface area contributed by atoms with Crippen LogP contribution in [0.1, 0.15) is 12.6 Å². The van der Waals surface area contributed by atoms with Gasteiger partial charge in [0.25, 0.3) is 0 Å². The summed E-state index contributed by atoms with van der Waals surface area (Å²) in [5, 5.41) is 16.2. The lowest BCUT2D eigenvalue weighted by molar-refractivity contribution is 0.298. The Kier molecular flexibility index (Phi) is 2.39. The zero-order valence-corrected chi connectivity index (χ0v) is 5.99. The molecule has 4 heteroatoms. The zero-order chi connectivity index (χ0) is 7.40. The topological polar surface area (TPSA) is 50.9 Å². The second kappa shape index (κ2) is 3.31. The lowest BCUT2D eigenvalue weighted by atomic mass is 10.3. The van der Waals surface area contributed by atoms with Gasteiger partial charge in [0.2, 0.25) is 0 Å². The van der Waals surface area contributed by atoms with Crippen molar-refractivity contribution >= 4 is 0 Å². The number of hydrogen-bond donors (Lipinski definition) is 1. The molecule has 0 aliphatic heterocycles. The van der Waals surface area contributed by atoms with Crippen LogP contribution in [0.3, 0.4) is 0 Å². The van der Waals surface area contributed by atoms with Crippen LogP contribution in [0, 0.1) is 0 Å². The first-order valence-corrected chi connectivity index (χ1v) is 3.36. The van der Waals surface area contributed by atoms with Crippen LogP contribution < -0.4 is 0 Å². The highest BCUT2D eigenvalue weighted by Gasteiger charge is 1.96. The third-order valence-electron chi connectivity index (χ3n) is 1.28. The SMILES string of the molecule is CCn1cc(CCO)nn1. The molecule has 10 heavy (non-hydrogen) atoms. The van der Waals surface area contributed by atoms with E-state index in [4.69, 9.17) is 5.11 Å². The van der Waals surface area contributed by atoms with Gasteiger partial charge in [-0.05, 0) is 6.92 Å². The van der Waals surface area contributed by atoms with E-state index in [9.17, 15) is 0 Å². The predicted molar refractivity (Wildman–Crippen MR) is 36.5 cm³/mol. The second-order valence-electron chi connectivity index (χ2n) is 2.04. The van der Waals surface area contributed by atoms with Gasteiger partial charge in [-0.15, -0.1) is 5.10 Å². The van der Waals surface area contributed by atoms with Crippen LogP contribution in [0.2, 0.25) is 0 Å². The summed E-state index contributed by atoms with van der Waals surface area (Å²) in [4.78, 5) is 0. The molecule has 1 aromatic rings. The first-order valence-electron chi connectivity index (χ1n) is 3.36. The minimum absolute atomic E-state index is 0.141. The molecule has 0 amide bonds. The van der Waals surface area contributed by atoms with Crippen molar-refractivity contribution in [2.45, 2.75) is 19.9 Å². The summed E-state index contributed by atoms with van der Waals surface area (Å²) < 4.78 is 1.74. The third kappa shape index (κ3) is 1.54. The van der Waals surface area contributed by atoms with Gasteiger partial charge in [-0.1, -0.05) is 5.21 Å². The highest BCUT2D eigenvalue weighted by molar-refractivity contribution is 4.91. The quantitative estimate of drug-likeness (QED) is 0.636. The maximum Gasteiger partial charge on any atom is 0.0849 e. The maximum atomic E-state index is 8.52. The average Bonchev–Trinajstić information content (AvgIpc) is 2.37. The standard InChI is InChI=1S/C6H11N3O/c1-2-9-5-6(3-4-10)7-8-9/h5,10H,2-4H2,1H3. The fraction of sp³-hybridized carbons (Fsp3) is 0.667. The maximum absolute atomic E-state index is 8.52. The predicted octanol–water partition coefficient (Wildman–Crippen LogP) is -0.167. The molecule has 1 aromatic heterocycles. The van der Waals surface area contributed by atoms with Crippen LogP contribution in [0.15, 0.2) is 6.20 Å². The minimum Gasteiger partial charge on any atom is -0.396 e. The molecular weight excluding hydrogens is 130 g/mol. The molecule has 0 saturated carbocycles. The minimum atomic E-state index is 0.141. The summed E-state index contributed by atoms with van der Waals surface area (Å²) in [5.74, 6) is 0. The van der Waals surface area contributed by atoms with Gasteiger partial charge in [0.1, 0.15) is 0 Å². The number of rotatable bonds is 3. The van der Waals surface area contributed by atoms with Gasteiger partial charge in [-0.3, -0.25) is 4.68 Å². The van der Waals surface area contributed by atoms with E-state index < -0.39 is 0 Å². The van der Waals surface area contributed by atoms with E-state index in [1.165, 1.54) is 0 Å². The highest BCUT2D eigenvalue weighted by atomic mass is 16.3. The Morgan fingerprint density at radius 1 is 1.70 bits per heavy atom. The third-order valence-corrected chi connectivity index (χ3v) is 1.28. The molecular formula is C6H11N3O. The lowest BCUT2D eigenvalue weighted by Crippen LogP contribution is -1.93. The molecule has 0 radical (unpaired) electrons. The molecule has 56 valence electrons. The van der Waals surface area contributed by atoms with E-state index in [1.807, 2.05) is 13.1 Å². The Morgan fingerprint density at radius 3 is 3.00 bits per heavy atom. The van der Waals surface area contributed by atoms with Gasteiger partial charge in [0.15, 0.2) is 0 Å². The van der Waals surface area contributed by atoms with Crippen molar-refractivity contribution < 1.29 is 5.11 Å². The molecule has 0 aliphatic rings. The Morgan fingerprint density at radius 2 is 2.50 bits per heavy atom. The molecule has 0 unspecified atom stereocenters. The summed E-state index contributed by atoms with van der Waals surface area (Å²) in [6.45, 7) is 2.97. The summed E-state index contributed by atoms with van der Waals surface area (Å²) in [7, 11) is 0. The van der Waals surface area contributed by atoms with Gasteiger partial charge >= 0.3 is 0 Å². The van der Waals surface area contributed by atoms with E-state index in [-0.39, 0.29) is 6.61 Å². The molecule has 1 N–H and O–H groups in total. The monoisotopic (exact) mass is 141 g/mol. The number of nitrogens with zero attached hydrogens (tertiary/aromatic N) is 3. The van der Waals surface area contributed by atoms with Crippen LogP contribution in [0.4, 0.5) is 0 Å². The average molecular weight is 141 g/mol. The zero-order valence-electron chi connectivity index (χ0n) is 5.99. The van der Waals surface area contributed by atoms with E-state index in [0.29, 0.717) is 6.42 Å². The van der Waals surface area contributed by atoms with Crippen LogP contribution in [-0.4, -0.2) is 26.7 Å². The van der Waals surface area contributed by atoms with Crippen molar-refractivity contribution in [2.24, 2.45) is 0 Å². The van der Waals surface area contributed by atoms with E-state index in [2.05, 4.69) is 10.3 Å². The van der Waals surface area contributed by atoms with Gasteiger partial charge in [-0.25, -0.2) is 0 Å². The molecule has 0 atom stereocenters. The van der Waals surface area contributed by atoms with Crippen LogP contribution >= 0.6 is 0 Å². The molecule has 1 heterocycles. The first-order chi connectivity index (χ1) is 4.86. The summed E-state index contributed by atoms with van der Waals surface area (Å²) >= 11 is 0. The fourth-order valence-electron chi connectivity index (χ4n) is 0.722. The van der Waals surface area contributed by atoms with Gasteiger partial charge in [-0.2, -0.15) is 0 Å². The van der Waals surface area contributed by atoms with Crippen molar-refractivity contribution in [3.05, 3.63) is 11.9 Å². The van der Waals surface area contributed by atoms with Gasteiger partial charge in [0, 0.05) is 25.8 Å². The second-order valence-corrected chi connectivity index (χ2v) is 2.04. The fourth-order valence-corrected chi connectivity index (χ4v) is 0.722. The highest BCUT2D eigenvalue weighted by Crippen LogP contribution is 1.92. The smallest absolute Gasteiger partial charge is 0.0849 e. The first kappa shape index (κ1) is 7.21. The molecule has 0 fully saturated rings. The van der Waals surface area contributed by atoms with E-state index in [1.54, 1.807) is 4.68 Å². The Labute approximate surface area is 59.5 Å². The lowest BCUT2D eigenvalue weighted by Gasteiger charge is -1.87. The number of aliphatic hydroxyl groups is 1. The number of aromatic nitrogens is 3. The molecule has 0 bridgehead atoms.